The quantitative estimate of drug-likeness (QED) is 0.478. The largest absolute Gasteiger partial charge is 0.493 e. The molecule has 0 unspecified atom stereocenters. The second kappa shape index (κ2) is 8.06. The van der Waals surface area contributed by atoms with Gasteiger partial charge in [0.25, 0.3) is 0 Å². The first-order valence-electron chi connectivity index (χ1n) is 8.15. The van der Waals surface area contributed by atoms with Gasteiger partial charge < -0.3 is 14.4 Å². The summed E-state index contributed by atoms with van der Waals surface area (Å²) in [7, 11) is 3.30. The van der Waals surface area contributed by atoms with E-state index < -0.39 is 0 Å². The molecule has 0 bridgehead atoms. The van der Waals surface area contributed by atoms with E-state index in [1.807, 2.05) is 18.2 Å². The lowest BCUT2D eigenvalue weighted by molar-refractivity contribution is 0.355. The molecule has 1 heterocycles. The van der Waals surface area contributed by atoms with Gasteiger partial charge in [-0.1, -0.05) is 40.3 Å². The topological polar surface area (TPSA) is 34.6 Å². The number of aryl methyl sites for hydroxylation is 1. The first-order valence-corrected chi connectivity index (χ1v) is 10.1. The zero-order valence-corrected chi connectivity index (χ0v) is 17.0. The number of benzene rings is 2. The van der Waals surface area contributed by atoms with Crippen LogP contribution in [0.2, 0.25) is 0 Å². The molecule has 0 aliphatic heterocycles. The van der Waals surface area contributed by atoms with Crippen LogP contribution in [0.3, 0.4) is 0 Å². The highest BCUT2D eigenvalue weighted by Gasteiger charge is 2.16. The van der Waals surface area contributed by atoms with Crippen molar-refractivity contribution in [2.24, 2.45) is 0 Å². The number of rotatable bonds is 7. The summed E-state index contributed by atoms with van der Waals surface area (Å²) in [6.45, 7) is 2.99. The van der Waals surface area contributed by atoms with Crippen molar-refractivity contribution in [2.45, 2.75) is 13.3 Å². The van der Waals surface area contributed by atoms with Crippen molar-refractivity contribution < 1.29 is 9.47 Å². The number of nitrogens with zero attached hydrogens (tertiary/aromatic N) is 2. The standard InChI is InChI=1S/C19H21BrN2O2S/c1-4-13-5-7-15-18(11-13)25-19(21-15)22(10-9-20)14-6-8-16(23-2)17(12-14)24-3/h5-8,11-12H,4,9-10H2,1-3H3. The fraction of sp³-hybridized carbons (Fsp3) is 0.316. The minimum atomic E-state index is 0.717. The molecule has 132 valence electrons. The van der Waals surface area contributed by atoms with Crippen molar-refractivity contribution in [1.29, 1.82) is 0 Å². The number of halogens is 1. The van der Waals surface area contributed by atoms with Crippen molar-refractivity contribution >= 4 is 48.3 Å². The van der Waals surface area contributed by atoms with Crippen LogP contribution in [0.1, 0.15) is 12.5 Å². The van der Waals surface area contributed by atoms with E-state index in [2.05, 4.69) is 46.0 Å². The highest BCUT2D eigenvalue weighted by molar-refractivity contribution is 9.09. The summed E-state index contributed by atoms with van der Waals surface area (Å²) in [6, 6.07) is 12.4. The molecule has 2 aromatic carbocycles. The van der Waals surface area contributed by atoms with Gasteiger partial charge in [-0.15, -0.1) is 0 Å². The predicted octanol–water partition coefficient (Wildman–Crippen LogP) is 5.41. The first-order chi connectivity index (χ1) is 12.2. The van der Waals surface area contributed by atoms with Crippen LogP contribution in [-0.2, 0) is 6.42 Å². The maximum atomic E-state index is 5.45. The lowest BCUT2D eigenvalue weighted by atomic mass is 10.2. The lowest BCUT2D eigenvalue weighted by Gasteiger charge is -2.22. The molecule has 0 atom stereocenters. The summed E-state index contributed by atoms with van der Waals surface area (Å²) in [5, 5.41) is 1.83. The van der Waals surface area contributed by atoms with E-state index >= 15 is 0 Å². The Kier molecular flexibility index (Phi) is 5.81. The van der Waals surface area contributed by atoms with Crippen LogP contribution in [0.15, 0.2) is 36.4 Å². The molecular weight excluding hydrogens is 400 g/mol. The number of hydrogen-bond donors (Lipinski definition) is 0. The Morgan fingerprint density at radius 3 is 2.56 bits per heavy atom. The molecule has 0 saturated heterocycles. The van der Waals surface area contributed by atoms with Gasteiger partial charge in [-0.2, -0.15) is 0 Å². The zero-order valence-electron chi connectivity index (χ0n) is 14.6. The average molecular weight is 421 g/mol. The van der Waals surface area contributed by atoms with E-state index in [1.165, 1.54) is 10.3 Å². The van der Waals surface area contributed by atoms with Gasteiger partial charge in [0.15, 0.2) is 16.6 Å². The zero-order chi connectivity index (χ0) is 17.8. The molecule has 3 rings (SSSR count). The first kappa shape index (κ1) is 18.0. The third-order valence-corrected chi connectivity index (χ3v) is 5.46. The number of ether oxygens (including phenoxy) is 2. The predicted molar refractivity (Wildman–Crippen MR) is 109 cm³/mol. The third kappa shape index (κ3) is 3.75. The number of anilines is 2. The molecule has 4 nitrogen and oxygen atoms in total. The Hall–Kier alpha value is -1.79. The average Bonchev–Trinajstić information content (AvgIpc) is 3.08. The minimum absolute atomic E-state index is 0.717. The second-order valence-corrected chi connectivity index (χ2v) is 7.33. The van der Waals surface area contributed by atoms with Crippen LogP contribution in [0, 0.1) is 0 Å². The van der Waals surface area contributed by atoms with Gasteiger partial charge in [-0.3, -0.25) is 0 Å². The van der Waals surface area contributed by atoms with Gasteiger partial charge in [-0.05, 0) is 36.2 Å². The molecule has 0 saturated carbocycles. The molecule has 0 N–H and O–H groups in total. The van der Waals surface area contributed by atoms with Crippen molar-refractivity contribution in [3.63, 3.8) is 0 Å². The number of alkyl halides is 1. The Balaban J connectivity index is 2.03. The monoisotopic (exact) mass is 420 g/mol. The van der Waals surface area contributed by atoms with Crippen molar-refractivity contribution in [3.8, 4) is 11.5 Å². The highest BCUT2D eigenvalue weighted by Crippen LogP contribution is 2.37. The molecule has 0 fully saturated rings. The molecule has 0 amide bonds. The SMILES string of the molecule is CCc1ccc2nc(N(CCBr)c3ccc(OC)c(OC)c3)sc2c1. The van der Waals surface area contributed by atoms with Crippen LogP contribution in [0.4, 0.5) is 10.8 Å². The van der Waals surface area contributed by atoms with Gasteiger partial charge in [-0.25, -0.2) is 4.98 Å². The fourth-order valence-electron chi connectivity index (χ4n) is 2.70. The molecule has 1 aromatic heterocycles. The molecule has 3 aromatic rings. The van der Waals surface area contributed by atoms with Gasteiger partial charge in [0.05, 0.1) is 24.4 Å². The van der Waals surface area contributed by atoms with Crippen LogP contribution < -0.4 is 14.4 Å². The van der Waals surface area contributed by atoms with E-state index in [0.717, 1.165) is 40.4 Å². The van der Waals surface area contributed by atoms with Crippen LogP contribution in [0.5, 0.6) is 11.5 Å². The fourth-order valence-corrected chi connectivity index (χ4v) is 4.14. The molecule has 0 aliphatic rings. The third-order valence-electron chi connectivity index (χ3n) is 4.07. The van der Waals surface area contributed by atoms with E-state index in [0.29, 0.717) is 5.75 Å². The van der Waals surface area contributed by atoms with Crippen LogP contribution >= 0.6 is 27.3 Å². The Bertz CT molecular complexity index is 866. The van der Waals surface area contributed by atoms with Crippen LogP contribution in [0.25, 0.3) is 10.2 Å². The van der Waals surface area contributed by atoms with E-state index in [9.17, 15) is 0 Å². The maximum absolute atomic E-state index is 5.45. The molecule has 0 spiro atoms. The molecule has 0 radical (unpaired) electrons. The van der Waals surface area contributed by atoms with Gasteiger partial charge in [0, 0.05) is 23.6 Å². The van der Waals surface area contributed by atoms with Gasteiger partial charge in [0.2, 0.25) is 0 Å². The van der Waals surface area contributed by atoms with E-state index in [-0.39, 0.29) is 0 Å². The smallest absolute Gasteiger partial charge is 0.190 e. The van der Waals surface area contributed by atoms with Crippen molar-refractivity contribution in [2.75, 3.05) is 31.0 Å². The summed E-state index contributed by atoms with van der Waals surface area (Å²) in [5.41, 5.74) is 3.41. The van der Waals surface area contributed by atoms with Gasteiger partial charge >= 0.3 is 0 Å². The summed E-state index contributed by atoms with van der Waals surface area (Å²) in [6.07, 6.45) is 1.03. The van der Waals surface area contributed by atoms with E-state index in [4.69, 9.17) is 14.5 Å². The van der Waals surface area contributed by atoms with Crippen molar-refractivity contribution in [3.05, 3.63) is 42.0 Å². The maximum Gasteiger partial charge on any atom is 0.190 e. The molecule has 6 heteroatoms. The summed E-state index contributed by atoms with van der Waals surface area (Å²) in [4.78, 5) is 7.03. The number of methoxy groups -OCH3 is 2. The Morgan fingerprint density at radius 1 is 1.08 bits per heavy atom. The lowest BCUT2D eigenvalue weighted by Crippen LogP contribution is -2.19. The summed E-state index contributed by atoms with van der Waals surface area (Å²) in [5.74, 6) is 1.44. The number of aromatic nitrogens is 1. The summed E-state index contributed by atoms with van der Waals surface area (Å²) < 4.78 is 12.0. The Morgan fingerprint density at radius 2 is 1.88 bits per heavy atom. The second-order valence-electron chi connectivity index (χ2n) is 5.53. The Labute approximate surface area is 160 Å². The summed E-state index contributed by atoms with van der Waals surface area (Å²) >= 11 is 5.27. The molecular formula is C19H21BrN2O2S. The number of hydrogen-bond acceptors (Lipinski definition) is 5. The molecule has 0 aliphatic carbocycles. The normalized spacial score (nSPS) is 10.9. The van der Waals surface area contributed by atoms with E-state index in [1.54, 1.807) is 25.6 Å². The molecule has 25 heavy (non-hydrogen) atoms. The van der Waals surface area contributed by atoms with Crippen LogP contribution in [-0.4, -0.2) is 31.1 Å². The van der Waals surface area contributed by atoms with Gasteiger partial charge in [0.1, 0.15) is 0 Å². The highest BCUT2D eigenvalue weighted by atomic mass is 79.9. The van der Waals surface area contributed by atoms with Crippen molar-refractivity contribution in [1.82, 2.24) is 4.98 Å². The number of fused-ring (bicyclic) bond motifs is 1. The minimum Gasteiger partial charge on any atom is -0.493 e. The number of thiazole rings is 1.